The van der Waals surface area contributed by atoms with E-state index in [1.807, 2.05) is 31.2 Å². The van der Waals surface area contributed by atoms with Crippen molar-refractivity contribution < 1.29 is 4.39 Å². The van der Waals surface area contributed by atoms with Gasteiger partial charge in [0, 0.05) is 20.3 Å². The van der Waals surface area contributed by atoms with Gasteiger partial charge in [0.15, 0.2) is 0 Å². The molecular weight excluding hydrogens is 313 g/mol. The molecule has 2 aromatic rings. The van der Waals surface area contributed by atoms with E-state index in [0.29, 0.717) is 4.90 Å². The van der Waals surface area contributed by atoms with Crippen molar-refractivity contribution in [2.24, 2.45) is 5.73 Å². The summed E-state index contributed by atoms with van der Waals surface area (Å²) in [7, 11) is 0. The van der Waals surface area contributed by atoms with E-state index >= 15 is 0 Å². The molecule has 4 heteroatoms. The minimum atomic E-state index is -0.199. The maximum absolute atomic E-state index is 13.5. The summed E-state index contributed by atoms with van der Waals surface area (Å²) in [6.45, 7) is 1.93. The Kier molecular flexibility index (Phi) is 4.43. The maximum Gasteiger partial charge on any atom is 0.137 e. The van der Waals surface area contributed by atoms with Gasteiger partial charge in [-0.2, -0.15) is 0 Å². The number of benzene rings is 2. The molecular formula is C14H13BrFNS. The average Bonchev–Trinajstić information content (AvgIpc) is 2.32. The molecule has 0 amide bonds. The first kappa shape index (κ1) is 13.6. The summed E-state index contributed by atoms with van der Waals surface area (Å²) in [6, 6.07) is 12.6. The van der Waals surface area contributed by atoms with Crippen molar-refractivity contribution in [3.63, 3.8) is 0 Å². The van der Waals surface area contributed by atoms with Gasteiger partial charge in [0.2, 0.25) is 0 Å². The Balaban J connectivity index is 2.26. The molecule has 94 valence electrons. The zero-order valence-corrected chi connectivity index (χ0v) is 12.3. The second-order valence-electron chi connectivity index (χ2n) is 4.00. The predicted octanol–water partition coefficient (Wildman–Crippen LogP) is 4.76. The Morgan fingerprint density at radius 2 is 1.94 bits per heavy atom. The molecule has 0 aliphatic heterocycles. The third-order valence-corrected chi connectivity index (χ3v) is 4.25. The van der Waals surface area contributed by atoms with Gasteiger partial charge in [-0.25, -0.2) is 4.39 Å². The van der Waals surface area contributed by atoms with Gasteiger partial charge in [-0.15, -0.1) is 0 Å². The van der Waals surface area contributed by atoms with Crippen molar-refractivity contribution >= 4 is 27.7 Å². The minimum absolute atomic E-state index is 0.0214. The Morgan fingerprint density at radius 3 is 2.56 bits per heavy atom. The van der Waals surface area contributed by atoms with Gasteiger partial charge in [0.05, 0.1) is 0 Å². The molecule has 18 heavy (non-hydrogen) atoms. The summed E-state index contributed by atoms with van der Waals surface area (Å²) in [5.41, 5.74) is 6.89. The Bertz CT molecular complexity index is 557. The topological polar surface area (TPSA) is 26.0 Å². The third-order valence-electron chi connectivity index (χ3n) is 2.53. The van der Waals surface area contributed by atoms with E-state index in [2.05, 4.69) is 15.9 Å². The number of nitrogens with two attached hydrogens (primary N) is 1. The third kappa shape index (κ3) is 3.13. The molecule has 0 radical (unpaired) electrons. The highest BCUT2D eigenvalue weighted by atomic mass is 79.9. The molecule has 2 N–H and O–H groups in total. The van der Waals surface area contributed by atoms with E-state index in [4.69, 9.17) is 5.73 Å². The van der Waals surface area contributed by atoms with E-state index < -0.39 is 0 Å². The van der Waals surface area contributed by atoms with Crippen molar-refractivity contribution in [3.05, 3.63) is 58.3 Å². The predicted molar refractivity (Wildman–Crippen MR) is 77.3 cm³/mol. The largest absolute Gasteiger partial charge is 0.324 e. The fraction of sp³-hybridized carbons (Fsp3) is 0.143. The van der Waals surface area contributed by atoms with Crippen LogP contribution in [0.1, 0.15) is 18.5 Å². The smallest absolute Gasteiger partial charge is 0.137 e. The highest BCUT2D eigenvalue weighted by Crippen LogP contribution is 2.33. The highest BCUT2D eigenvalue weighted by Gasteiger charge is 2.08. The molecule has 0 bridgehead atoms. The van der Waals surface area contributed by atoms with Crippen LogP contribution in [-0.2, 0) is 0 Å². The van der Waals surface area contributed by atoms with Crippen LogP contribution in [0.15, 0.2) is 56.7 Å². The minimum Gasteiger partial charge on any atom is -0.324 e. The van der Waals surface area contributed by atoms with E-state index in [9.17, 15) is 4.39 Å². The number of hydrogen-bond donors (Lipinski definition) is 1. The molecule has 1 nitrogen and oxygen atoms in total. The van der Waals surface area contributed by atoms with E-state index in [1.165, 1.54) is 17.8 Å². The monoisotopic (exact) mass is 325 g/mol. The molecule has 0 aliphatic rings. The summed E-state index contributed by atoms with van der Waals surface area (Å²) in [4.78, 5) is 1.61. The summed E-state index contributed by atoms with van der Waals surface area (Å²) >= 11 is 4.90. The molecule has 0 saturated carbocycles. The summed E-state index contributed by atoms with van der Waals surface area (Å²) in [5.74, 6) is -0.199. The van der Waals surface area contributed by atoms with Crippen LogP contribution in [0.2, 0.25) is 0 Å². The van der Waals surface area contributed by atoms with Gasteiger partial charge in [-0.1, -0.05) is 45.9 Å². The van der Waals surface area contributed by atoms with Gasteiger partial charge >= 0.3 is 0 Å². The van der Waals surface area contributed by atoms with Gasteiger partial charge in [-0.3, -0.25) is 0 Å². The average molecular weight is 326 g/mol. The molecule has 2 aromatic carbocycles. The molecule has 0 unspecified atom stereocenters. The lowest BCUT2D eigenvalue weighted by Crippen LogP contribution is -2.05. The lowest BCUT2D eigenvalue weighted by molar-refractivity contribution is 0.602. The standard InChI is InChI=1S/C14H13BrFNS/c1-9(17)11-7-6-10(8-12(11)15)18-14-5-3-2-4-13(14)16/h2-9H,17H2,1H3/t9-/m1/s1. The Labute approximate surface area is 119 Å². The van der Waals surface area contributed by atoms with Crippen LogP contribution in [0.4, 0.5) is 4.39 Å². The van der Waals surface area contributed by atoms with Crippen LogP contribution in [0, 0.1) is 5.82 Å². The molecule has 0 spiro atoms. The quantitative estimate of drug-likeness (QED) is 0.880. The first-order chi connectivity index (χ1) is 8.58. The zero-order valence-electron chi connectivity index (χ0n) is 9.86. The van der Waals surface area contributed by atoms with Crippen molar-refractivity contribution in [3.8, 4) is 0 Å². The van der Waals surface area contributed by atoms with Crippen LogP contribution < -0.4 is 5.73 Å². The van der Waals surface area contributed by atoms with Crippen LogP contribution in [0.3, 0.4) is 0 Å². The second kappa shape index (κ2) is 5.87. The number of hydrogen-bond acceptors (Lipinski definition) is 2. The van der Waals surface area contributed by atoms with Crippen LogP contribution >= 0.6 is 27.7 Å². The van der Waals surface area contributed by atoms with E-state index in [-0.39, 0.29) is 11.9 Å². The van der Waals surface area contributed by atoms with Crippen molar-refractivity contribution in [2.45, 2.75) is 22.8 Å². The molecule has 2 rings (SSSR count). The summed E-state index contributed by atoms with van der Waals surface area (Å²) in [6.07, 6.45) is 0. The molecule has 0 aliphatic carbocycles. The highest BCUT2D eigenvalue weighted by molar-refractivity contribution is 9.10. The van der Waals surface area contributed by atoms with Crippen molar-refractivity contribution in [1.29, 1.82) is 0 Å². The fourth-order valence-corrected chi connectivity index (χ4v) is 3.37. The maximum atomic E-state index is 13.5. The lowest BCUT2D eigenvalue weighted by Gasteiger charge is -2.10. The van der Waals surface area contributed by atoms with Crippen LogP contribution in [-0.4, -0.2) is 0 Å². The zero-order chi connectivity index (χ0) is 13.1. The normalized spacial score (nSPS) is 12.4. The second-order valence-corrected chi connectivity index (χ2v) is 5.97. The molecule has 0 saturated heterocycles. The Hall–Kier alpha value is -0.840. The fourth-order valence-electron chi connectivity index (χ4n) is 1.60. The van der Waals surface area contributed by atoms with E-state index in [0.717, 1.165) is 14.9 Å². The number of rotatable bonds is 3. The van der Waals surface area contributed by atoms with Gasteiger partial charge in [0.25, 0.3) is 0 Å². The van der Waals surface area contributed by atoms with E-state index in [1.54, 1.807) is 12.1 Å². The van der Waals surface area contributed by atoms with Gasteiger partial charge in [0.1, 0.15) is 5.82 Å². The SMILES string of the molecule is C[C@@H](N)c1ccc(Sc2ccccc2F)cc1Br. The van der Waals surface area contributed by atoms with Crippen molar-refractivity contribution in [1.82, 2.24) is 0 Å². The lowest BCUT2D eigenvalue weighted by atomic mass is 10.1. The van der Waals surface area contributed by atoms with Gasteiger partial charge < -0.3 is 5.73 Å². The molecule has 1 atom stereocenters. The van der Waals surface area contributed by atoms with Crippen LogP contribution in [0.25, 0.3) is 0 Å². The number of halogens is 2. The van der Waals surface area contributed by atoms with Crippen LogP contribution in [0.5, 0.6) is 0 Å². The first-order valence-electron chi connectivity index (χ1n) is 5.55. The van der Waals surface area contributed by atoms with Gasteiger partial charge in [-0.05, 0) is 36.8 Å². The molecule has 0 fully saturated rings. The molecule has 0 aromatic heterocycles. The Morgan fingerprint density at radius 1 is 1.22 bits per heavy atom. The summed E-state index contributed by atoms with van der Waals surface area (Å²) < 4.78 is 14.5. The molecule has 0 heterocycles. The van der Waals surface area contributed by atoms with Crippen molar-refractivity contribution in [2.75, 3.05) is 0 Å². The first-order valence-corrected chi connectivity index (χ1v) is 7.16. The summed E-state index contributed by atoms with van der Waals surface area (Å²) in [5, 5.41) is 0.